The van der Waals surface area contributed by atoms with Gasteiger partial charge < -0.3 is 10.4 Å². The first-order valence-electron chi connectivity index (χ1n) is 3.39. The van der Waals surface area contributed by atoms with Crippen LogP contribution in [-0.4, -0.2) is 30.2 Å². The van der Waals surface area contributed by atoms with Crippen LogP contribution in [0.25, 0.3) is 0 Å². The van der Waals surface area contributed by atoms with Crippen molar-refractivity contribution in [2.45, 2.75) is 24.8 Å². The first-order chi connectivity index (χ1) is 4.67. The quantitative estimate of drug-likeness (QED) is 0.597. The van der Waals surface area contributed by atoms with Gasteiger partial charge >= 0.3 is 0 Å². The molecule has 1 aliphatic rings. The van der Waals surface area contributed by atoms with Crippen molar-refractivity contribution in [1.82, 2.24) is 5.32 Å². The number of hydrogen-bond donors (Lipinski definition) is 2. The minimum Gasteiger partial charge on any atom is -0.390 e. The number of rotatable bonds is 2. The normalized spacial score (nSPS) is 27.3. The summed E-state index contributed by atoms with van der Waals surface area (Å²) in [5, 5.41) is 10.9. The molecule has 0 bridgehead atoms. The van der Waals surface area contributed by atoms with Crippen molar-refractivity contribution in [3.63, 3.8) is 0 Å². The van der Waals surface area contributed by atoms with Crippen LogP contribution in [0, 0.1) is 0 Å². The predicted octanol–water partition coefficient (Wildman–Crippen LogP) is 0.366. The molecule has 1 rings (SSSR count). The zero-order valence-corrected chi connectivity index (χ0v) is 5.61. The molecule has 1 heterocycles. The molecule has 1 atom stereocenters. The van der Waals surface area contributed by atoms with E-state index in [1.165, 1.54) is 0 Å². The summed E-state index contributed by atoms with van der Waals surface area (Å²) in [6.07, 6.45) is 1.24. The van der Waals surface area contributed by atoms with Gasteiger partial charge in [0.25, 0.3) is 5.92 Å². The van der Waals surface area contributed by atoms with Gasteiger partial charge in [-0.15, -0.1) is 0 Å². The van der Waals surface area contributed by atoms with Crippen LogP contribution in [0.15, 0.2) is 0 Å². The second-order valence-electron chi connectivity index (χ2n) is 2.57. The molecule has 0 radical (unpaired) electrons. The Morgan fingerprint density at radius 2 is 2.30 bits per heavy atom. The third-order valence-electron chi connectivity index (χ3n) is 1.78. The van der Waals surface area contributed by atoms with Gasteiger partial charge in [0.05, 0.1) is 6.04 Å². The molecule has 60 valence electrons. The topological polar surface area (TPSA) is 32.3 Å². The Hall–Kier alpha value is -0.220. The maximum absolute atomic E-state index is 12.5. The van der Waals surface area contributed by atoms with Gasteiger partial charge in [-0.05, 0) is 19.4 Å². The maximum Gasteiger partial charge on any atom is 0.285 e. The van der Waals surface area contributed by atoms with Crippen LogP contribution in [0.2, 0.25) is 0 Å². The van der Waals surface area contributed by atoms with Gasteiger partial charge in [-0.2, -0.15) is 0 Å². The second-order valence-corrected chi connectivity index (χ2v) is 2.57. The van der Waals surface area contributed by atoms with Crippen LogP contribution < -0.4 is 5.32 Å². The van der Waals surface area contributed by atoms with Crippen molar-refractivity contribution < 1.29 is 13.9 Å². The Balaban J connectivity index is 2.45. The molecule has 4 heteroatoms. The monoisotopic (exact) mass is 151 g/mol. The summed E-state index contributed by atoms with van der Waals surface area (Å²) in [6.45, 7) is -0.412. The fourth-order valence-electron chi connectivity index (χ4n) is 1.16. The zero-order valence-electron chi connectivity index (χ0n) is 5.61. The molecule has 0 spiro atoms. The summed E-state index contributed by atoms with van der Waals surface area (Å²) in [4.78, 5) is 0. The molecule has 0 amide bonds. The lowest BCUT2D eigenvalue weighted by Gasteiger charge is -2.20. The van der Waals surface area contributed by atoms with Crippen LogP contribution in [0.3, 0.4) is 0 Å². The lowest BCUT2D eigenvalue weighted by Crippen LogP contribution is -2.43. The number of aliphatic hydroxyl groups excluding tert-OH is 1. The van der Waals surface area contributed by atoms with Gasteiger partial charge in [0.1, 0.15) is 6.61 Å². The van der Waals surface area contributed by atoms with E-state index in [9.17, 15) is 8.78 Å². The molecule has 1 unspecified atom stereocenters. The van der Waals surface area contributed by atoms with E-state index in [-0.39, 0.29) is 0 Å². The lowest BCUT2D eigenvalue weighted by atomic mass is 10.1. The highest BCUT2D eigenvalue weighted by molar-refractivity contribution is 4.86. The highest BCUT2D eigenvalue weighted by Crippen LogP contribution is 2.23. The number of alkyl halides is 2. The van der Waals surface area contributed by atoms with Gasteiger partial charge in [0, 0.05) is 0 Å². The van der Waals surface area contributed by atoms with E-state index in [0.717, 1.165) is 6.42 Å². The van der Waals surface area contributed by atoms with Crippen molar-refractivity contribution in [1.29, 1.82) is 0 Å². The van der Waals surface area contributed by atoms with Crippen molar-refractivity contribution in [3.05, 3.63) is 0 Å². The molecule has 0 saturated carbocycles. The molecule has 0 aromatic heterocycles. The average molecular weight is 151 g/mol. The number of halogens is 2. The molecule has 1 aliphatic heterocycles. The van der Waals surface area contributed by atoms with E-state index in [2.05, 4.69) is 5.32 Å². The molecular formula is C6H11F2NO. The Kier molecular flexibility index (Phi) is 2.21. The fraction of sp³-hybridized carbons (Fsp3) is 1.00. The number of nitrogens with one attached hydrogen (secondary N) is 1. The van der Waals surface area contributed by atoms with Gasteiger partial charge in [-0.25, -0.2) is 8.78 Å². The first kappa shape index (κ1) is 7.88. The van der Waals surface area contributed by atoms with E-state index in [4.69, 9.17) is 5.11 Å². The molecule has 1 saturated heterocycles. The van der Waals surface area contributed by atoms with Gasteiger partial charge in [0.2, 0.25) is 0 Å². The summed E-state index contributed by atoms with van der Waals surface area (Å²) in [7, 11) is 0. The molecule has 0 aromatic carbocycles. The lowest BCUT2D eigenvalue weighted by molar-refractivity contribution is -0.0748. The SMILES string of the molecule is OCC(F)(F)C1CCCN1. The second kappa shape index (κ2) is 2.80. The minimum atomic E-state index is -2.93. The Bertz CT molecular complexity index is 112. The summed E-state index contributed by atoms with van der Waals surface area (Å²) in [5.74, 6) is -2.93. The molecule has 10 heavy (non-hydrogen) atoms. The summed E-state index contributed by atoms with van der Waals surface area (Å²) in [6, 6.07) is -0.808. The van der Waals surface area contributed by atoms with Gasteiger partial charge in [-0.3, -0.25) is 0 Å². The van der Waals surface area contributed by atoms with E-state index in [1.54, 1.807) is 0 Å². The van der Waals surface area contributed by atoms with Crippen LogP contribution >= 0.6 is 0 Å². The smallest absolute Gasteiger partial charge is 0.285 e. The van der Waals surface area contributed by atoms with Crippen LogP contribution in [0.5, 0.6) is 0 Å². The van der Waals surface area contributed by atoms with Crippen LogP contribution in [0.1, 0.15) is 12.8 Å². The van der Waals surface area contributed by atoms with Crippen molar-refractivity contribution >= 4 is 0 Å². The predicted molar refractivity (Wildman–Crippen MR) is 33.1 cm³/mol. The summed E-state index contributed by atoms with van der Waals surface area (Å²) >= 11 is 0. The molecule has 2 nitrogen and oxygen atoms in total. The molecule has 0 aromatic rings. The highest BCUT2D eigenvalue weighted by Gasteiger charge is 2.39. The van der Waals surface area contributed by atoms with Crippen molar-refractivity contribution in [3.8, 4) is 0 Å². The van der Waals surface area contributed by atoms with E-state index in [0.29, 0.717) is 13.0 Å². The van der Waals surface area contributed by atoms with Crippen LogP contribution in [0.4, 0.5) is 8.78 Å². The minimum absolute atomic E-state index is 0.466. The van der Waals surface area contributed by atoms with Crippen molar-refractivity contribution in [2.75, 3.05) is 13.2 Å². The van der Waals surface area contributed by atoms with Gasteiger partial charge in [0.15, 0.2) is 0 Å². The number of hydrogen-bond acceptors (Lipinski definition) is 2. The van der Waals surface area contributed by atoms with Crippen LogP contribution in [-0.2, 0) is 0 Å². The summed E-state index contributed by atoms with van der Waals surface area (Å²) in [5.41, 5.74) is 0. The summed E-state index contributed by atoms with van der Waals surface area (Å²) < 4.78 is 25.1. The van der Waals surface area contributed by atoms with Crippen molar-refractivity contribution in [2.24, 2.45) is 0 Å². The Morgan fingerprint density at radius 3 is 2.70 bits per heavy atom. The molecule has 1 fully saturated rings. The fourth-order valence-corrected chi connectivity index (χ4v) is 1.16. The van der Waals surface area contributed by atoms with E-state index in [1.807, 2.05) is 0 Å². The number of aliphatic hydroxyl groups is 1. The third-order valence-corrected chi connectivity index (χ3v) is 1.78. The van der Waals surface area contributed by atoms with E-state index >= 15 is 0 Å². The van der Waals surface area contributed by atoms with Gasteiger partial charge in [-0.1, -0.05) is 0 Å². The molecule has 2 N–H and O–H groups in total. The highest BCUT2D eigenvalue weighted by atomic mass is 19.3. The zero-order chi connectivity index (χ0) is 7.61. The Morgan fingerprint density at radius 1 is 1.60 bits per heavy atom. The standard InChI is InChI=1S/C6H11F2NO/c7-6(8,4-10)5-2-1-3-9-5/h5,9-10H,1-4H2. The van der Waals surface area contributed by atoms with E-state index < -0.39 is 18.6 Å². The molecule has 0 aliphatic carbocycles. The average Bonchev–Trinajstić information content (AvgIpc) is 2.38. The maximum atomic E-state index is 12.5. The first-order valence-corrected chi connectivity index (χ1v) is 3.39. The largest absolute Gasteiger partial charge is 0.390 e. The Labute approximate surface area is 58.2 Å². The molecular weight excluding hydrogens is 140 g/mol. The third kappa shape index (κ3) is 1.44.